The summed E-state index contributed by atoms with van der Waals surface area (Å²) in [5.74, 6) is 0.667. The molecule has 2 aromatic rings. The number of hydrogen-bond acceptors (Lipinski definition) is 3. The van der Waals surface area contributed by atoms with Crippen molar-refractivity contribution < 1.29 is 4.39 Å². The molecule has 0 amide bonds. The number of fused-ring (bicyclic) bond motifs is 1. The number of hydrogen-bond donors (Lipinski definition) is 1. The van der Waals surface area contributed by atoms with Crippen LogP contribution >= 0.6 is 0 Å². The van der Waals surface area contributed by atoms with Crippen molar-refractivity contribution in [2.45, 2.75) is 25.8 Å². The van der Waals surface area contributed by atoms with Crippen LogP contribution in [0.15, 0.2) is 30.5 Å². The highest BCUT2D eigenvalue weighted by Gasteiger charge is 2.11. The molecule has 19 heavy (non-hydrogen) atoms. The summed E-state index contributed by atoms with van der Waals surface area (Å²) in [6.07, 6.45) is 4.40. The summed E-state index contributed by atoms with van der Waals surface area (Å²) < 4.78 is 13.1. The fourth-order valence-electron chi connectivity index (χ4n) is 2.35. The standard InChI is InChI=1S/C15H16FN3/c16-13-3-1-2-11(8-13)4-5-15-18-10-12-9-17-7-6-14(12)19-15/h1-3,8,10,17H,4-7,9H2. The third-order valence-corrected chi connectivity index (χ3v) is 3.38. The molecule has 0 spiro atoms. The van der Waals surface area contributed by atoms with Gasteiger partial charge >= 0.3 is 0 Å². The van der Waals surface area contributed by atoms with E-state index in [9.17, 15) is 4.39 Å². The lowest BCUT2D eigenvalue weighted by molar-refractivity contribution is 0.617. The number of benzene rings is 1. The molecule has 2 heterocycles. The second kappa shape index (κ2) is 5.45. The molecule has 1 aromatic carbocycles. The fourth-order valence-corrected chi connectivity index (χ4v) is 2.35. The molecule has 0 atom stereocenters. The van der Waals surface area contributed by atoms with Gasteiger partial charge in [-0.15, -0.1) is 0 Å². The summed E-state index contributed by atoms with van der Waals surface area (Å²) in [6, 6.07) is 6.71. The van der Waals surface area contributed by atoms with Crippen molar-refractivity contribution in [1.82, 2.24) is 15.3 Å². The molecule has 0 unspecified atom stereocenters. The Morgan fingerprint density at radius 3 is 3.11 bits per heavy atom. The average Bonchev–Trinajstić information content (AvgIpc) is 2.45. The minimum Gasteiger partial charge on any atom is -0.312 e. The molecule has 0 saturated carbocycles. The second-order valence-corrected chi connectivity index (χ2v) is 4.81. The number of nitrogens with zero attached hydrogens (tertiary/aromatic N) is 2. The Kier molecular flexibility index (Phi) is 3.51. The highest BCUT2D eigenvalue weighted by Crippen LogP contribution is 2.12. The highest BCUT2D eigenvalue weighted by molar-refractivity contribution is 5.21. The zero-order chi connectivity index (χ0) is 13.1. The van der Waals surface area contributed by atoms with Crippen LogP contribution in [0.5, 0.6) is 0 Å². The first kappa shape index (κ1) is 12.2. The van der Waals surface area contributed by atoms with Gasteiger partial charge < -0.3 is 5.32 Å². The third-order valence-electron chi connectivity index (χ3n) is 3.38. The van der Waals surface area contributed by atoms with E-state index in [0.717, 1.165) is 49.4 Å². The van der Waals surface area contributed by atoms with Crippen LogP contribution in [0.2, 0.25) is 0 Å². The van der Waals surface area contributed by atoms with Gasteiger partial charge in [-0.25, -0.2) is 14.4 Å². The predicted molar refractivity (Wildman–Crippen MR) is 71.3 cm³/mol. The van der Waals surface area contributed by atoms with Crippen LogP contribution in [0.25, 0.3) is 0 Å². The minimum absolute atomic E-state index is 0.185. The van der Waals surface area contributed by atoms with E-state index >= 15 is 0 Å². The largest absolute Gasteiger partial charge is 0.312 e. The van der Waals surface area contributed by atoms with E-state index in [2.05, 4.69) is 15.3 Å². The van der Waals surface area contributed by atoms with E-state index in [0.29, 0.717) is 0 Å². The number of aryl methyl sites for hydroxylation is 2. The lowest BCUT2D eigenvalue weighted by atomic mass is 10.1. The fraction of sp³-hybridized carbons (Fsp3) is 0.333. The van der Waals surface area contributed by atoms with Crippen molar-refractivity contribution in [3.8, 4) is 0 Å². The monoisotopic (exact) mass is 257 g/mol. The minimum atomic E-state index is -0.185. The van der Waals surface area contributed by atoms with Gasteiger partial charge in [-0.3, -0.25) is 0 Å². The zero-order valence-electron chi connectivity index (χ0n) is 10.7. The van der Waals surface area contributed by atoms with Crippen LogP contribution in [-0.4, -0.2) is 16.5 Å². The third kappa shape index (κ3) is 2.96. The molecule has 0 saturated heterocycles. The summed E-state index contributed by atoms with van der Waals surface area (Å²) in [7, 11) is 0. The Labute approximate surface area is 111 Å². The van der Waals surface area contributed by atoms with Crippen molar-refractivity contribution >= 4 is 0 Å². The smallest absolute Gasteiger partial charge is 0.128 e. The molecule has 98 valence electrons. The quantitative estimate of drug-likeness (QED) is 0.914. The van der Waals surface area contributed by atoms with E-state index in [4.69, 9.17) is 0 Å². The van der Waals surface area contributed by atoms with Gasteiger partial charge in [0.2, 0.25) is 0 Å². The maximum atomic E-state index is 13.1. The molecule has 1 aliphatic heterocycles. The zero-order valence-corrected chi connectivity index (χ0v) is 10.7. The summed E-state index contributed by atoms with van der Waals surface area (Å²) in [5.41, 5.74) is 3.34. The molecule has 0 fully saturated rings. The van der Waals surface area contributed by atoms with E-state index < -0.39 is 0 Å². The van der Waals surface area contributed by atoms with Crippen LogP contribution in [0.3, 0.4) is 0 Å². The Bertz CT molecular complexity index is 583. The van der Waals surface area contributed by atoms with Gasteiger partial charge in [0, 0.05) is 43.4 Å². The van der Waals surface area contributed by atoms with Crippen molar-refractivity contribution in [1.29, 1.82) is 0 Å². The molecule has 1 aliphatic rings. The van der Waals surface area contributed by atoms with Crippen molar-refractivity contribution in [2.75, 3.05) is 6.54 Å². The Morgan fingerprint density at radius 1 is 1.26 bits per heavy atom. The van der Waals surface area contributed by atoms with Gasteiger partial charge in [-0.1, -0.05) is 12.1 Å². The molecule has 1 aromatic heterocycles. The number of aromatic nitrogens is 2. The maximum absolute atomic E-state index is 13.1. The molecule has 3 nitrogen and oxygen atoms in total. The van der Waals surface area contributed by atoms with Gasteiger partial charge in [0.05, 0.1) is 0 Å². The second-order valence-electron chi connectivity index (χ2n) is 4.81. The molecule has 1 N–H and O–H groups in total. The molecule has 3 rings (SSSR count). The van der Waals surface area contributed by atoms with Gasteiger partial charge in [0.25, 0.3) is 0 Å². The van der Waals surface area contributed by atoms with Crippen LogP contribution < -0.4 is 5.32 Å². The van der Waals surface area contributed by atoms with Gasteiger partial charge in [-0.05, 0) is 24.1 Å². The molecular formula is C15H16FN3. The lowest BCUT2D eigenvalue weighted by Gasteiger charge is -2.16. The summed E-state index contributed by atoms with van der Waals surface area (Å²) in [4.78, 5) is 8.99. The number of rotatable bonds is 3. The first-order valence-corrected chi connectivity index (χ1v) is 6.60. The molecule has 0 bridgehead atoms. The van der Waals surface area contributed by atoms with E-state index in [1.165, 1.54) is 11.6 Å². The first-order valence-electron chi connectivity index (χ1n) is 6.60. The normalized spacial score (nSPS) is 14.2. The maximum Gasteiger partial charge on any atom is 0.128 e. The lowest BCUT2D eigenvalue weighted by Crippen LogP contribution is -2.25. The Morgan fingerprint density at radius 2 is 2.21 bits per heavy atom. The SMILES string of the molecule is Fc1cccc(CCc2ncc3c(n2)CCNC3)c1. The topological polar surface area (TPSA) is 37.8 Å². The van der Waals surface area contributed by atoms with Crippen LogP contribution in [0, 0.1) is 5.82 Å². The number of nitrogens with one attached hydrogen (secondary N) is 1. The highest BCUT2D eigenvalue weighted by atomic mass is 19.1. The van der Waals surface area contributed by atoms with Crippen molar-refractivity contribution in [3.63, 3.8) is 0 Å². The van der Waals surface area contributed by atoms with E-state index in [1.807, 2.05) is 12.3 Å². The van der Waals surface area contributed by atoms with Crippen LogP contribution in [0.1, 0.15) is 22.6 Å². The summed E-state index contributed by atoms with van der Waals surface area (Å²) >= 11 is 0. The van der Waals surface area contributed by atoms with Gasteiger partial charge in [-0.2, -0.15) is 0 Å². The van der Waals surface area contributed by atoms with E-state index in [-0.39, 0.29) is 5.82 Å². The predicted octanol–water partition coefficient (Wildman–Crippen LogP) is 2.05. The number of halogens is 1. The average molecular weight is 257 g/mol. The molecular weight excluding hydrogens is 241 g/mol. The first-order chi connectivity index (χ1) is 9.31. The summed E-state index contributed by atoms with van der Waals surface area (Å²) in [6.45, 7) is 1.84. The van der Waals surface area contributed by atoms with Crippen LogP contribution in [-0.2, 0) is 25.8 Å². The van der Waals surface area contributed by atoms with E-state index in [1.54, 1.807) is 12.1 Å². The van der Waals surface area contributed by atoms with Gasteiger partial charge in [0.1, 0.15) is 11.6 Å². The van der Waals surface area contributed by atoms with Gasteiger partial charge in [0.15, 0.2) is 0 Å². The summed E-state index contributed by atoms with van der Waals surface area (Å²) in [5, 5.41) is 3.30. The van der Waals surface area contributed by atoms with Crippen molar-refractivity contribution in [3.05, 3.63) is 58.9 Å². The molecule has 4 heteroatoms. The van der Waals surface area contributed by atoms with Crippen LogP contribution in [0.4, 0.5) is 4.39 Å². The van der Waals surface area contributed by atoms with Crippen molar-refractivity contribution in [2.24, 2.45) is 0 Å². The molecule has 0 aliphatic carbocycles. The Balaban J connectivity index is 1.70. The Hall–Kier alpha value is -1.81. The molecule has 0 radical (unpaired) electrons.